The maximum Gasteiger partial charge on any atom is 0.257 e. The highest BCUT2D eigenvalue weighted by atomic mass is 19.1. The number of carbonyl (C=O) groups is 1. The molecule has 2 aromatic carbocycles. The number of nitrogen functional groups attached to an aromatic ring is 1. The van der Waals surface area contributed by atoms with E-state index in [1.54, 1.807) is 29.8 Å². The number of aliphatic hydroxyl groups is 1. The first-order valence-electron chi connectivity index (χ1n) is 9.27. The van der Waals surface area contributed by atoms with E-state index in [0.717, 1.165) is 23.8 Å². The number of fused-ring (bicyclic) bond motifs is 1. The van der Waals surface area contributed by atoms with E-state index >= 15 is 0 Å². The van der Waals surface area contributed by atoms with Crippen LogP contribution in [-0.2, 0) is 4.79 Å². The third-order valence-corrected chi connectivity index (χ3v) is 4.85. The highest BCUT2D eigenvalue weighted by Crippen LogP contribution is 2.27. The lowest BCUT2D eigenvalue weighted by Gasteiger charge is -2.14. The Morgan fingerprint density at radius 3 is 2.68 bits per heavy atom. The SMILES string of the molecule is Cc1cc(NC(=O)C(O)c2cc(F)ccc2F)ccc1-n1nc(C)c2ncnc(N)c21. The number of aliphatic hydroxyl groups excluding tert-OH is 1. The number of amides is 1. The van der Waals surface area contributed by atoms with E-state index in [0.29, 0.717) is 28.1 Å². The average molecular weight is 424 g/mol. The van der Waals surface area contributed by atoms with E-state index in [9.17, 15) is 18.7 Å². The molecule has 2 heterocycles. The molecule has 2 aromatic heterocycles. The Hall–Kier alpha value is -3.92. The molecule has 0 spiro atoms. The number of aromatic nitrogens is 4. The van der Waals surface area contributed by atoms with Crippen LogP contribution < -0.4 is 11.1 Å². The van der Waals surface area contributed by atoms with E-state index in [4.69, 9.17) is 5.73 Å². The van der Waals surface area contributed by atoms with Gasteiger partial charge in [-0.3, -0.25) is 4.79 Å². The molecule has 10 heteroatoms. The summed E-state index contributed by atoms with van der Waals surface area (Å²) in [7, 11) is 0. The van der Waals surface area contributed by atoms with Gasteiger partial charge in [0.05, 0.1) is 11.4 Å². The van der Waals surface area contributed by atoms with Gasteiger partial charge in [-0.1, -0.05) is 0 Å². The van der Waals surface area contributed by atoms with Crippen molar-refractivity contribution >= 4 is 28.4 Å². The topological polar surface area (TPSA) is 119 Å². The summed E-state index contributed by atoms with van der Waals surface area (Å²) in [6.07, 6.45) is -0.500. The Morgan fingerprint density at radius 2 is 1.94 bits per heavy atom. The van der Waals surface area contributed by atoms with Crippen molar-refractivity contribution in [2.24, 2.45) is 0 Å². The van der Waals surface area contributed by atoms with Crippen LogP contribution in [0, 0.1) is 25.5 Å². The number of nitrogens with zero attached hydrogens (tertiary/aromatic N) is 4. The smallest absolute Gasteiger partial charge is 0.257 e. The third-order valence-electron chi connectivity index (χ3n) is 4.85. The minimum absolute atomic E-state index is 0.280. The molecular formula is C21H18F2N6O2. The van der Waals surface area contributed by atoms with E-state index in [1.807, 2.05) is 6.92 Å². The zero-order valence-corrected chi connectivity index (χ0v) is 16.6. The number of carbonyl (C=O) groups excluding carboxylic acids is 1. The van der Waals surface area contributed by atoms with Crippen LogP contribution in [0.4, 0.5) is 20.3 Å². The summed E-state index contributed by atoms with van der Waals surface area (Å²) in [4.78, 5) is 20.6. The molecule has 0 aliphatic heterocycles. The van der Waals surface area contributed by atoms with Crippen molar-refractivity contribution < 1.29 is 18.7 Å². The number of nitrogens with one attached hydrogen (secondary N) is 1. The second-order valence-electron chi connectivity index (χ2n) is 7.01. The number of nitrogens with two attached hydrogens (primary N) is 1. The number of anilines is 2. The highest BCUT2D eigenvalue weighted by Gasteiger charge is 2.22. The van der Waals surface area contributed by atoms with Crippen LogP contribution in [0.25, 0.3) is 16.7 Å². The molecule has 4 N–H and O–H groups in total. The highest BCUT2D eigenvalue weighted by molar-refractivity contribution is 5.95. The van der Waals surface area contributed by atoms with E-state index < -0.39 is 29.2 Å². The molecule has 0 aliphatic rings. The zero-order chi connectivity index (χ0) is 22.3. The van der Waals surface area contributed by atoms with Gasteiger partial charge in [0, 0.05) is 11.3 Å². The minimum Gasteiger partial charge on any atom is -0.382 e. The molecule has 8 nitrogen and oxygen atoms in total. The molecule has 158 valence electrons. The van der Waals surface area contributed by atoms with Crippen LogP contribution in [0.3, 0.4) is 0 Å². The van der Waals surface area contributed by atoms with Crippen LogP contribution in [0.1, 0.15) is 22.9 Å². The number of benzene rings is 2. The van der Waals surface area contributed by atoms with Gasteiger partial charge in [-0.15, -0.1) is 0 Å². The summed E-state index contributed by atoms with van der Waals surface area (Å²) in [5.74, 6) is -2.25. The predicted octanol–water partition coefficient (Wildman–Crippen LogP) is 2.96. The number of aryl methyl sites for hydroxylation is 2. The standard InChI is InChI=1S/C21H18F2N6O2/c1-10-7-13(27-21(31)19(30)14-8-12(22)3-5-15(14)23)4-6-16(10)29-18-17(11(2)28-29)25-9-26-20(18)24/h3-9,19,30H,1-2H3,(H,27,31)(H2,24,25,26). The number of hydrogen-bond acceptors (Lipinski definition) is 6. The van der Waals surface area contributed by atoms with Gasteiger partial charge >= 0.3 is 0 Å². The van der Waals surface area contributed by atoms with Gasteiger partial charge in [-0.05, 0) is 55.8 Å². The van der Waals surface area contributed by atoms with Crippen LogP contribution >= 0.6 is 0 Å². The summed E-state index contributed by atoms with van der Waals surface area (Å²) in [5.41, 5.74) is 9.23. The maximum atomic E-state index is 13.8. The van der Waals surface area contributed by atoms with Crippen molar-refractivity contribution in [1.29, 1.82) is 0 Å². The Kier molecular flexibility index (Phi) is 5.07. The summed E-state index contributed by atoms with van der Waals surface area (Å²) < 4.78 is 28.8. The van der Waals surface area contributed by atoms with Crippen molar-refractivity contribution in [3.05, 3.63) is 71.2 Å². The predicted molar refractivity (Wildman–Crippen MR) is 110 cm³/mol. The summed E-state index contributed by atoms with van der Waals surface area (Å²) in [6.45, 7) is 3.61. The first kappa shape index (κ1) is 20.4. The molecule has 1 unspecified atom stereocenters. The number of hydrogen-bond donors (Lipinski definition) is 3. The van der Waals surface area contributed by atoms with Gasteiger partial charge in [-0.2, -0.15) is 5.10 Å². The van der Waals surface area contributed by atoms with Crippen LogP contribution in [0.2, 0.25) is 0 Å². The Bertz CT molecular complexity index is 1320. The zero-order valence-electron chi connectivity index (χ0n) is 16.6. The molecule has 4 rings (SSSR count). The van der Waals surface area contributed by atoms with E-state index in [-0.39, 0.29) is 5.82 Å². The fourth-order valence-corrected chi connectivity index (χ4v) is 3.33. The molecule has 0 fully saturated rings. The first-order valence-corrected chi connectivity index (χ1v) is 9.27. The molecule has 31 heavy (non-hydrogen) atoms. The van der Waals surface area contributed by atoms with Crippen LogP contribution in [0.5, 0.6) is 0 Å². The van der Waals surface area contributed by atoms with E-state index in [1.165, 1.54) is 6.33 Å². The molecule has 0 saturated carbocycles. The Labute approximate surface area is 175 Å². The van der Waals surface area contributed by atoms with Gasteiger partial charge in [-0.25, -0.2) is 23.4 Å². The third kappa shape index (κ3) is 3.68. The molecule has 0 radical (unpaired) electrons. The van der Waals surface area contributed by atoms with Crippen molar-refractivity contribution in [3.8, 4) is 5.69 Å². The Morgan fingerprint density at radius 1 is 1.16 bits per heavy atom. The lowest BCUT2D eigenvalue weighted by atomic mass is 10.1. The van der Waals surface area contributed by atoms with Crippen molar-refractivity contribution in [3.63, 3.8) is 0 Å². The first-order chi connectivity index (χ1) is 14.8. The fraction of sp³-hybridized carbons (Fsp3) is 0.143. The van der Waals surface area contributed by atoms with Crippen molar-refractivity contribution in [2.45, 2.75) is 20.0 Å². The Balaban J connectivity index is 1.63. The summed E-state index contributed by atoms with van der Waals surface area (Å²) in [5, 5.41) is 17.1. The summed E-state index contributed by atoms with van der Waals surface area (Å²) in [6, 6.07) is 7.50. The van der Waals surface area contributed by atoms with Crippen LogP contribution in [0.15, 0.2) is 42.7 Å². The second-order valence-corrected chi connectivity index (χ2v) is 7.01. The van der Waals surface area contributed by atoms with Crippen LogP contribution in [-0.4, -0.2) is 30.8 Å². The van der Waals surface area contributed by atoms with Crippen molar-refractivity contribution in [2.75, 3.05) is 11.1 Å². The second kappa shape index (κ2) is 7.73. The van der Waals surface area contributed by atoms with E-state index in [2.05, 4.69) is 20.4 Å². The largest absolute Gasteiger partial charge is 0.382 e. The van der Waals surface area contributed by atoms with Gasteiger partial charge in [0.1, 0.15) is 29.0 Å². The molecule has 0 bridgehead atoms. The molecule has 0 aliphatic carbocycles. The quantitative estimate of drug-likeness (QED) is 0.463. The average Bonchev–Trinajstić information content (AvgIpc) is 3.07. The van der Waals surface area contributed by atoms with Gasteiger partial charge < -0.3 is 16.2 Å². The molecule has 1 amide bonds. The van der Waals surface area contributed by atoms with Gasteiger partial charge in [0.25, 0.3) is 5.91 Å². The molecule has 4 aromatic rings. The normalized spacial score (nSPS) is 12.2. The summed E-state index contributed by atoms with van der Waals surface area (Å²) >= 11 is 0. The number of rotatable bonds is 4. The fourth-order valence-electron chi connectivity index (χ4n) is 3.33. The molecular weight excluding hydrogens is 406 g/mol. The minimum atomic E-state index is -1.87. The lowest BCUT2D eigenvalue weighted by molar-refractivity contribution is -0.124. The lowest BCUT2D eigenvalue weighted by Crippen LogP contribution is -2.22. The van der Waals surface area contributed by atoms with Gasteiger partial charge in [0.2, 0.25) is 0 Å². The molecule has 1 atom stereocenters. The monoisotopic (exact) mass is 424 g/mol. The maximum absolute atomic E-state index is 13.8. The van der Waals surface area contributed by atoms with Gasteiger partial charge in [0.15, 0.2) is 11.9 Å². The number of halogens is 2. The molecule has 0 saturated heterocycles. The van der Waals surface area contributed by atoms with Crippen molar-refractivity contribution in [1.82, 2.24) is 19.7 Å².